The summed E-state index contributed by atoms with van der Waals surface area (Å²) in [5.41, 5.74) is 0. The molecule has 0 bridgehead atoms. The summed E-state index contributed by atoms with van der Waals surface area (Å²) in [6.45, 7) is 15.3. The highest BCUT2D eigenvalue weighted by Crippen LogP contribution is 2.28. The minimum Gasteiger partial charge on any atom is -0.379 e. The van der Waals surface area contributed by atoms with Gasteiger partial charge in [-0.3, -0.25) is 4.99 Å². The molecule has 146 valence electrons. The van der Waals surface area contributed by atoms with Crippen LogP contribution in [0.3, 0.4) is 0 Å². The zero-order chi connectivity index (χ0) is 18.1. The molecule has 2 fully saturated rings. The van der Waals surface area contributed by atoms with Gasteiger partial charge in [-0.1, -0.05) is 13.8 Å². The molecule has 0 aromatic rings. The Hall–Kier alpha value is -0.850. The average molecular weight is 354 g/mol. The molecule has 0 aromatic carbocycles. The molecule has 0 radical (unpaired) electrons. The summed E-state index contributed by atoms with van der Waals surface area (Å²) in [7, 11) is 3.95. The minimum absolute atomic E-state index is 0.615. The van der Waals surface area contributed by atoms with Crippen LogP contribution in [0.2, 0.25) is 0 Å². The molecule has 2 rings (SSSR count). The summed E-state index contributed by atoms with van der Waals surface area (Å²) in [4.78, 5) is 11.7. The lowest BCUT2D eigenvalue weighted by Crippen LogP contribution is -2.49. The zero-order valence-electron chi connectivity index (χ0n) is 16.8. The minimum atomic E-state index is 0.615. The van der Waals surface area contributed by atoms with Gasteiger partial charge in [-0.15, -0.1) is 0 Å². The van der Waals surface area contributed by atoms with Crippen LogP contribution in [0.25, 0.3) is 0 Å². The Labute approximate surface area is 154 Å². The van der Waals surface area contributed by atoms with Gasteiger partial charge in [0.25, 0.3) is 0 Å². The van der Waals surface area contributed by atoms with E-state index in [2.05, 4.69) is 45.9 Å². The maximum absolute atomic E-state index is 5.73. The Morgan fingerprint density at radius 2 is 1.92 bits per heavy atom. The Morgan fingerprint density at radius 3 is 2.52 bits per heavy atom. The Bertz CT molecular complexity index is 391. The number of rotatable bonds is 10. The van der Waals surface area contributed by atoms with Crippen molar-refractivity contribution in [3.63, 3.8) is 0 Å². The van der Waals surface area contributed by atoms with Crippen molar-refractivity contribution >= 4 is 5.96 Å². The number of guanidine groups is 1. The maximum Gasteiger partial charge on any atom is 0.193 e. The van der Waals surface area contributed by atoms with Crippen molar-refractivity contribution in [3.8, 4) is 0 Å². The van der Waals surface area contributed by atoms with Crippen molar-refractivity contribution in [2.75, 3.05) is 79.7 Å². The number of nitrogens with zero attached hydrogens (tertiary/aromatic N) is 4. The van der Waals surface area contributed by atoms with Gasteiger partial charge in [-0.2, -0.15) is 0 Å². The summed E-state index contributed by atoms with van der Waals surface area (Å²) < 4.78 is 5.73. The van der Waals surface area contributed by atoms with Gasteiger partial charge in [0.1, 0.15) is 0 Å². The first-order valence-electron chi connectivity index (χ1n) is 10.1. The summed E-state index contributed by atoms with van der Waals surface area (Å²) in [6.07, 6.45) is 2.70. The van der Waals surface area contributed by atoms with Crippen LogP contribution in [0.1, 0.15) is 26.7 Å². The van der Waals surface area contributed by atoms with Crippen LogP contribution in [0.15, 0.2) is 4.99 Å². The Morgan fingerprint density at radius 1 is 1.24 bits per heavy atom. The lowest BCUT2D eigenvalue weighted by atomic mass is 10.1. The molecule has 0 spiro atoms. The molecule has 0 aromatic heterocycles. The lowest BCUT2D eigenvalue weighted by molar-refractivity contribution is 0.114. The van der Waals surface area contributed by atoms with Gasteiger partial charge in [0.2, 0.25) is 0 Å². The van der Waals surface area contributed by atoms with E-state index in [0.717, 1.165) is 44.7 Å². The summed E-state index contributed by atoms with van der Waals surface area (Å²) >= 11 is 0. The number of likely N-dealkylation sites (N-methyl/N-ethyl adjacent to an activating group) is 2. The van der Waals surface area contributed by atoms with Gasteiger partial charge >= 0.3 is 0 Å². The second-order valence-corrected chi connectivity index (χ2v) is 7.71. The molecular formula is C19H39N5O. The third-order valence-electron chi connectivity index (χ3n) is 5.29. The molecule has 2 aliphatic rings. The van der Waals surface area contributed by atoms with Crippen LogP contribution >= 0.6 is 0 Å². The van der Waals surface area contributed by atoms with Gasteiger partial charge in [-0.05, 0) is 31.2 Å². The van der Waals surface area contributed by atoms with E-state index in [4.69, 9.17) is 4.74 Å². The number of aliphatic imine (C=N–C) groups is 1. The van der Waals surface area contributed by atoms with Crippen molar-refractivity contribution in [2.45, 2.75) is 26.7 Å². The van der Waals surface area contributed by atoms with E-state index >= 15 is 0 Å². The molecule has 25 heavy (non-hydrogen) atoms. The molecule has 6 nitrogen and oxygen atoms in total. The van der Waals surface area contributed by atoms with E-state index in [0.29, 0.717) is 5.92 Å². The number of nitrogens with one attached hydrogen (secondary N) is 1. The number of ether oxygens (including phenoxy) is 1. The fraction of sp³-hybridized carbons (Fsp3) is 0.947. The number of hydrogen-bond donors (Lipinski definition) is 1. The van der Waals surface area contributed by atoms with Crippen molar-refractivity contribution in [3.05, 3.63) is 0 Å². The SMILES string of the molecule is CCN1CCN(CC(C)CNC(=NC)N(C)CCOCC2CC2)CC1. The Kier molecular flexibility index (Phi) is 8.99. The third kappa shape index (κ3) is 7.92. The van der Waals surface area contributed by atoms with Crippen LogP contribution in [0.5, 0.6) is 0 Å². The number of piperazine rings is 1. The summed E-state index contributed by atoms with van der Waals surface area (Å²) in [5, 5.41) is 3.52. The molecular weight excluding hydrogens is 314 g/mol. The first-order valence-corrected chi connectivity index (χ1v) is 10.1. The van der Waals surface area contributed by atoms with Crippen LogP contribution in [-0.4, -0.2) is 100 Å². The summed E-state index contributed by atoms with van der Waals surface area (Å²) in [5.74, 6) is 2.42. The predicted molar refractivity (Wildman–Crippen MR) is 105 cm³/mol. The van der Waals surface area contributed by atoms with E-state index in [1.807, 2.05) is 7.05 Å². The van der Waals surface area contributed by atoms with Gasteiger partial charge in [-0.25, -0.2) is 0 Å². The monoisotopic (exact) mass is 353 g/mol. The van der Waals surface area contributed by atoms with Crippen LogP contribution < -0.4 is 5.32 Å². The van der Waals surface area contributed by atoms with Gasteiger partial charge in [0, 0.05) is 66.5 Å². The largest absolute Gasteiger partial charge is 0.379 e. The topological polar surface area (TPSA) is 43.3 Å². The highest BCUT2D eigenvalue weighted by Gasteiger charge is 2.21. The third-order valence-corrected chi connectivity index (χ3v) is 5.29. The molecule has 1 saturated carbocycles. The van der Waals surface area contributed by atoms with Crippen LogP contribution in [0, 0.1) is 11.8 Å². The fourth-order valence-electron chi connectivity index (χ4n) is 3.29. The predicted octanol–water partition coefficient (Wildman–Crippen LogP) is 1.19. The normalized spacial score (nSPS) is 21.4. The zero-order valence-corrected chi connectivity index (χ0v) is 16.8. The average Bonchev–Trinajstić information content (AvgIpc) is 3.44. The van der Waals surface area contributed by atoms with Gasteiger partial charge in [0.05, 0.1) is 6.61 Å². The molecule has 1 aliphatic carbocycles. The van der Waals surface area contributed by atoms with E-state index in [9.17, 15) is 0 Å². The number of hydrogen-bond acceptors (Lipinski definition) is 4. The summed E-state index contributed by atoms with van der Waals surface area (Å²) in [6, 6.07) is 0. The smallest absolute Gasteiger partial charge is 0.193 e. The first-order chi connectivity index (χ1) is 12.1. The molecule has 0 amide bonds. The quantitative estimate of drug-likeness (QED) is 0.363. The lowest BCUT2D eigenvalue weighted by Gasteiger charge is -2.35. The van der Waals surface area contributed by atoms with Gasteiger partial charge in [0.15, 0.2) is 5.96 Å². The molecule has 1 saturated heterocycles. The second-order valence-electron chi connectivity index (χ2n) is 7.71. The van der Waals surface area contributed by atoms with Crippen molar-refractivity contribution in [1.29, 1.82) is 0 Å². The van der Waals surface area contributed by atoms with Gasteiger partial charge < -0.3 is 24.8 Å². The van der Waals surface area contributed by atoms with Crippen molar-refractivity contribution in [2.24, 2.45) is 16.8 Å². The second kappa shape index (κ2) is 11.0. The Balaban J connectivity index is 1.58. The first kappa shape index (κ1) is 20.5. The fourth-order valence-corrected chi connectivity index (χ4v) is 3.29. The highest BCUT2D eigenvalue weighted by molar-refractivity contribution is 5.79. The van der Waals surface area contributed by atoms with E-state index in [1.165, 1.54) is 45.6 Å². The molecule has 1 N–H and O–H groups in total. The van der Waals surface area contributed by atoms with E-state index in [-0.39, 0.29) is 0 Å². The maximum atomic E-state index is 5.73. The molecule has 1 unspecified atom stereocenters. The molecule has 1 heterocycles. The highest BCUT2D eigenvalue weighted by atomic mass is 16.5. The van der Waals surface area contributed by atoms with Crippen molar-refractivity contribution in [1.82, 2.24) is 20.0 Å². The van der Waals surface area contributed by atoms with Crippen LogP contribution in [-0.2, 0) is 4.74 Å². The van der Waals surface area contributed by atoms with E-state index in [1.54, 1.807) is 0 Å². The van der Waals surface area contributed by atoms with E-state index < -0.39 is 0 Å². The van der Waals surface area contributed by atoms with Crippen LogP contribution in [0.4, 0.5) is 0 Å². The van der Waals surface area contributed by atoms with Crippen molar-refractivity contribution < 1.29 is 4.74 Å². The molecule has 1 aliphatic heterocycles. The molecule has 1 atom stereocenters. The molecule has 6 heteroatoms. The standard InChI is InChI=1S/C19H39N5O/c1-5-23-8-10-24(11-9-23)15-17(2)14-21-19(20-3)22(4)12-13-25-16-18-6-7-18/h17-18H,5-16H2,1-4H3,(H,20,21).